The van der Waals surface area contributed by atoms with Crippen LogP contribution in [-0.4, -0.2) is 41.3 Å². The van der Waals surface area contributed by atoms with E-state index >= 15 is 4.39 Å². The molecule has 10 heteroatoms. The molecule has 0 aliphatic rings. The summed E-state index contributed by atoms with van der Waals surface area (Å²) in [6.45, 7) is 10.5. The first-order valence-corrected chi connectivity index (χ1v) is 17.4. The molecule has 7 nitrogen and oxygen atoms in total. The number of sulfone groups is 1. The summed E-state index contributed by atoms with van der Waals surface area (Å²) in [4.78, 5) is 26.4. The maximum Gasteiger partial charge on any atom is 0.336 e. The van der Waals surface area contributed by atoms with E-state index in [1.165, 1.54) is 36.4 Å². The summed E-state index contributed by atoms with van der Waals surface area (Å²) in [6.07, 6.45) is 0.300. The fraction of sp³-hybridized carbons (Fsp3) is 0.290. The van der Waals surface area contributed by atoms with Crippen LogP contribution in [0.1, 0.15) is 36.7 Å². The summed E-state index contributed by atoms with van der Waals surface area (Å²) in [6, 6.07) is 21.9. The summed E-state index contributed by atoms with van der Waals surface area (Å²) in [5, 5.41) is 0.882. The summed E-state index contributed by atoms with van der Waals surface area (Å²) >= 11 is 0. The van der Waals surface area contributed by atoms with Crippen LogP contribution in [0.25, 0.3) is 0 Å². The first-order chi connectivity index (χ1) is 19.1. The molecule has 3 aromatic rings. The van der Waals surface area contributed by atoms with E-state index in [2.05, 4.69) is 39.2 Å². The molecule has 1 N–H and O–H groups in total. The third-order valence-corrected chi connectivity index (χ3v) is 13.0. The fourth-order valence-corrected chi connectivity index (χ4v) is 5.95. The Balaban J connectivity index is 2.15. The van der Waals surface area contributed by atoms with Crippen LogP contribution in [0.15, 0.2) is 101 Å². The summed E-state index contributed by atoms with van der Waals surface area (Å²) in [7, 11) is -5.78. The lowest BCUT2D eigenvalue weighted by molar-refractivity contribution is -0.146. The quantitative estimate of drug-likeness (QED) is 0.219. The molecule has 0 aliphatic carbocycles. The zero-order valence-electron chi connectivity index (χ0n) is 24.1. The van der Waals surface area contributed by atoms with Gasteiger partial charge < -0.3 is 14.5 Å². The molecule has 3 rings (SSSR count). The van der Waals surface area contributed by atoms with Crippen LogP contribution in [0, 0.1) is 0 Å². The Morgan fingerprint density at radius 1 is 0.927 bits per heavy atom. The van der Waals surface area contributed by atoms with E-state index in [4.69, 9.17) is 9.16 Å². The number of amides is 1. The van der Waals surface area contributed by atoms with Crippen LogP contribution in [0.4, 0.5) is 4.39 Å². The van der Waals surface area contributed by atoms with Crippen molar-refractivity contribution >= 4 is 30.0 Å². The Morgan fingerprint density at radius 2 is 1.51 bits per heavy atom. The van der Waals surface area contributed by atoms with Crippen molar-refractivity contribution < 1.29 is 31.6 Å². The number of nitrogens with one attached hydrogen (secondary N) is 1. The van der Waals surface area contributed by atoms with Gasteiger partial charge in [0.1, 0.15) is 5.75 Å². The number of hydrogen-bond acceptors (Lipinski definition) is 6. The molecule has 0 aromatic heterocycles. The van der Waals surface area contributed by atoms with Crippen molar-refractivity contribution in [2.75, 3.05) is 7.11 Å². The lowest BCUT2D eigenvalue weighted by Gasteiger charge is -2.36. The zero-order chi connectivity index (χ0) is 30.5. The van der Waals surface area contributed by atoms with Gasteiger partial charge in [-0.1, -0.05) is 69.3 Å². The molecule has 0 spiro atoms. The molecule has 0 unspecified atom stereocenters. The number of ether oxygens (including phenoxy) is 1. The second-order valence-corrected chi connectivity index (χ2v) is 17.8. The Labute approximate surface area is 242 Å². The Bertz CT molecular complexity index is 1520. The number of rotatable bonds is 10. The van der Waals surface area contributed by atoms with Crippen molar-refractivity contribution in [1.29, 1.82) is 0 Å². The minimum Gasteiger partial charge on any atom is -0.543 e. The Kier molecular flexibility index (Phi) is 9.61. The summed E-state index contributed by atoms with van der Waals surface area (Å²) in [5.74, 6) is -1.22. The van der Waals surface area contributed by atoms with Crippen LogP contribution in [0.5, 0.6) is 5.75 Å². The molecule has 41 heavy (non-hydrogen) atoms. The van der Waals surface area contributed by atoms with E-state index in [0.717, 1.165) is 7.11 Å². The highest BCUT2D eigenvalue weighted by atomic mass is 32.2. The van der Waals surface area contributed by atoms with Crippen molar-refractivity contribution in [3.8, 4) is 5.75 Å². The van der Waals surface area contributed by atoms with E-state index in [1.807, 2.05) is 0 Å². The lowest BCUT2D eigenvalue weighted by atomic mass is 9.90. The maximum absolute atomic E-state index is 15.7. The first-order valence-electron chi connectivity index (χ1n) is 13.0. The molecule has 0 aliphatic heterocycles. The molecule has 0 radical (unpaired) electrons. The van der Waals surface area contributed by atoms with Crippen LogP contribution in [0.2, 0.25) is 18.1 Å². The number of carbonyl (C=O) groups is 2. The maximum atomic E-state index is 15.7. The van der Waals surface area contributed by atoms with Crippen molar-refractivity contribution in [3.05, 3.63) is 107 Å². The highest BCUT2D eigenvalue weighted by Crippen LogP contribution is 2.37. The third-order valence-electron chi connectivity index (χ3n) is 7.15. The normalized spacial score (nSPS) is 14.1. The second kappa shape index (κ2) is 12.4. The number of methoxy groups -OCH3 is 1. The average molecular weight is 598 g/mol. The SMILES string of the molecule is COC(=O)[C@](/C=C(\F)S(=O)(=O)c1ccccc1)(Cc1cccc(O[Si](C)(C)C(C)(C)C)c1)NC(=O)c1ccccc1. The van der Waals surface area contributed by atoms with Gasteiger partial charge in [-0.3, -0.25) is 4.79 Å². The smallest absolute Gasteiger partial charge is 0.336 e. The van der Waals surface area contributed by atoms with E-state index in [9.17, 15) is 18.0 Å². The van der Waals surface area contributed by atoms with E-state index in [-0.39, 0.29) is 21.9 Å². The van der Waals surface area contributed by atoms with Gasteiger partial charge >= 0.3 is 5.97 Å². The van der Waals surface area contributed by atoms with E-state index in [1.54, 1.807) is 48.5 Å². The number of benzene rings is 3. The molecule has 1 amide bonds. The van der Waals surface area contributed by atoms with Gasteiger partial charge in [0.25, 0.3) is 5.91 Å². The minimum atomic E-state index is -4.64. The van der Waals surface area contributed by atoms with Gasteiger partial charge in [0.05, 0.1) is 12.0 Å². The standard InChI is InChI=1S/C31H36FNO6SSi/c1-30(2,3)41(5,6)39-25-17-13-14-23(20-25)21-31(29(35)38-4,33-28(34)24-15-9-7-10-16-24)22-27(32)40(36,37)26-18-11-8-12-19-26/h7-20,22H,21H2,1-6H3,(H,33,34)/b27-22+/t31-/m1/s1. The molecule has 0 bridgehead atoms. The first kappa shape index (κ1) is 31.8. The molecule has 218 valence electrons. The molecular formula is C31H36FNO6SSi. The Hall–Kier alpha value is -3.76. The van der Waals surface area contributed by atoms with Gasteiger partial charge in [0, 0.05) is 18.1 Å². The van der Waals surface area contributed by atoms with Gasteiger partial charge in [-0.15, -0.1) is 0 Å². The zero-order valence-corrected chi connectivity index (χ0v) is 25.9. The predicted molar refractivity (Wildman–Crippen MR) is 159 cm³/mol. The minimum absolute atomic E-state index is 0.0832. The van der Waals surface area contributed by atoms with Crippen molar-refractivity contribution in [2.24, 2.45) is 0 Å². The molecule has 0 heterocycles. The molecule has 0 saturated carbocycles. The largest absolute Gasteiger partial charge is 0.543 e. The van der Waals surface area contributed by atoms with Crippen LogP contribution >= 0.6 is 0 Å². The summed E-state index contributed by atoms with van der Waals surface area (Å²) < 4.78 is 53.4. The number of halogens is 1. The Morgan fingerprint density at radius 3 is 2.07 bits per heavy atom. The van der Waals surface area contributed by atoms with Crippen LogP contribution < -0.4 is 9.74 Å². The van der Waals surface area contributed by atoms with E-state index < -0.39 is 40.7 Å². The molecular weight excluding hydrogens is 561 g/mol. The topological polar surface area (TPSA) is 98.8 Å². The number of esters is 1. The third kappa shape index (κ3) is 7.50. The molecule has 3 aromatic carbocycles. The highest BCUT2D eigenvalue weighted by Gasteiger charge is 2.43. The lowest BCUT2D eigenvalue weighted by Crippen LogP contribution is -2.55. The number of carbonyl (C=O) groups excluding carboxylic acids is 2. The average Bonchev–Trinajstić information content (AvgIpc) is 2.92. The van der Waals surface area contributed by atoms with E-state index in [0.29, 0.717) is 17.4 Å². The molecule has 0 fully saturated rings. The van der Waals surface area contributed by atoms with Crippen molar-refractivity contribution in [2.45, 2.75) is 55.8 Å². The van der Waals surface area contributed by atoms with Gasteiger partial charge in [0.2, 0.25) is 23.3 Å². The molecule has 0 saturated heterocycles. The van der Waals surface area contributed by atoms with Crippen LogP contribution in [-0.2, 0) is 25.8 Å². The monoisotopic (exact) mass is 597 g/mol. The van der Waals surface area contributed by atoms with Crippen LogP contribution in [0.3, 0.4) is 0 Å². The highest BCUT2D eigenvalue weighted by molar-refractivity contribution is 7.95. The predicted octanol–water partition coefficient (Wildman–Crippen LogP) is 6.24. The van der Waals surface area contributed by atoms with Gasteiger partial charge in [-0.05, 0) is 60.1 Å². The molecule has 1 atom stereocenters. The van der Waals surface area contributed by atoms with Gasteiger partial charge in [0.15, 0.2) is 5.54 Å². The second-order valence-electron chi connectivity index (χ2n) is 11.2. The fourth-order valence-electron chi connectivity index (χ4n) is 3.83. The summed E-state index contributed by atoms with van der Waals surface area (Å²) in [5.41, 5.74) is -1.54. The van der Waals surface area contributed by atoms with Gasteiger partial charge in [-0.2, -0.15) is 4.39 Å². The van der Waals surface area contributed by atoms with Crippen molar-refractivity contribution in [1.82, 2.24) is 5.32 Å². The van der Waals surface area contributed by atoms with Gasteiger partial charge in [-0.25, -0.2) is 13.2 Å². The van der Waals surface area contributed by atoms with Crippen molar-refractivity contribution in [3.63, 3.8) is 0 Å². The number of hydrogen-bond donors (Lipinski definition) is 1.